The Labute approximate surface area is 102 Å². The van der Waals surface area contributed by atoms with Crippen molar-refractivity contribution in [2.24, 2.45) is 0 Å². The molecule has 0 radical (unpaired) electrons. The second kappa shape index (κ2) is 6.25. The molecule has 94 valence electrons. The second-order valence-corrected chi connectivity index (χ2v) is 4.07. The molecule has 0 heterocycles. The summed E-state index contributed by atoms with van der Waals surface area (Å²) >= 11 is 0. The molecule has 17 heavy (non-hydrogen) atoms. The Morgan fingerprint density at radius 1 is 1.41 bits per heavy atom. The quantitative estimate of drug-likeness (QED) is 0.608. The molecule has 1 aromatic carbocycles. The number of benzene rings is 1. The summed E-state index contributed by atoms with van der Waals surface area (Å²) in [6, 6.07) is 3.73. The van der Waals surface area contributed by atoms with Gasteiger partial charge in [0.15, 0.2) is 0 Å². The average molecular weight is 236 g/mol. The molecular weight excluding hydrogens is 216 g/mol. The highest BCUT2D eigenvalue weighted by molar-refractivity contribution is 5.95. The Hall–Kier alpha value is -1.55. The van der Waals surface area contributed by atoms with Gasteiger partial charge in [0.25, 0.3) is 0 Å². The van der Waals surface area contributed by atoms with Crippen LogP contribution in [0.1, 0.15) is 24.5 Å². The van der Waals surface area contributed by atoms with Gasteiger partial charge in [-0.05, 0) is 37.5 Å². The van der Waals surface area contributed by atoms with Crippen LogP contribution in [0.3, 0.4) is 0 Å². The maximum Gasteiger partial charge on any atom is 0.250 e. The van der Waals surface area contributed by atoms with E-state index >= 15 is 0 Å². The van der Waals surface area contributed by atoms with Gasteiger partial charge in [-0.25, -0.2) is 0 Å². The summed E-state index contributed by atoms with van der Waals surface area (Å²) in [5.74, 6) is -0.168. The van der Waals surface area contributed by atoms with E-state index in [0.29, 0.717) is 18.0 Å². The maximum atomic E-state index is 11.6. The fourth-order valence-electron chi connectivity index (χ4n) is 1.49. The molecule has 0 aliphatic rings. The summed E-state index contributed by atoms with van der Waals surface area (Å²) in [6.45, 7) is 6.59. The van der Waals surface area contributed by atoms with E-state index in [4.69, 9.17) is 10.5 Å². The lowest BCUT2D eigenvalue weighted by Crippen LogP contribution is -2.20. The lowest BCUT2D eigenvalue weighted by atomic mass is 10.1. The largest absolute Gasteiger partial charge is 0.397 e. The molecule has 0 spiro atoms. The van der Waals surface area contributed by atoms with Crippen LogP contribution in [0.2, 0.25) is 0 Å². The number of nitrogen functional groups attached to an aromatic ring is 1. The van der Waals surface area contributed by atoms with E-state index in [9.17, 15) is 4.79 Å². The van der Waals surface area contributed by atoms with E-state index in [1.165, 1.54) is 0 Å². The lowest BCUT2D eigenvalue weighted by Gasteiger charge is -2.13. The topological polar surface area (TPSA) is 64.3 Å². The number of rotatable bonds is 5. The van der Waals surface area contributed by atoms with Gasteiger partial charge in [0.1, 0.15) is 6.61 Å². The number of ether oxygens (including phenoxy) is 1. The van der Waals surface area contributed by atoms with Crippen molar-refractivity contribution in [3.05, 3.63) is 23.3 Å². The van der Waals surface area contributed by atoms with E-state index in [1.807, 2.05) is 26.8 Å². The van der Waals surface area contributed by atoms with Crippen LogP contribution in [-0.2, 0) is 9.53 Å². The minimum Gasteiger partial charge on any atom is -0.397 e. The van der Waals surface area contributed by atoms with Crippen LogP contribution in [0.25, 0.3) is 0 Å². The minimum atomic E-state index is -0.168. The van der Waals surface area contributed by atoms with Gasteiger partial charge in [-0.15, -0.1) is 0 Å². The van der Waals surface area contributed by atoms with Crippen molar-refractivity contribution in [2.75, 3.05) is 24.3 Å². The monoisotopic (exact) mass is 236 g/mol. The molecule has 0 bridgehead atoms. The van der Waals surface area contributed by atoms with Gasteiger partial charge >= 0.3 is 0 Å². The highest BCUT2D eigenvalue weighted by Crippen LogP contribution is 2.25. The molecule has 1 aromatic rings. The van der Waals surface area contributed by atoms with Crippen molar-refractivity contribution in [1.82, 2.24) is 0 Å². The summed E-state index contributed by atoms with van der Waals surface area (Å²) in [4.78, 5) is 11.6. The van der Waals surface area contributed by atoms with E-state index < -0.39 is 0 Å². The van der Waals surface area contributed by atoms with Crippen LogP contribution in [0, 0.1) is 13.8 Å². The van der Waals surface area contributed by atoms with Gasteiger partial charge in [-0.3, -0.25) is 4.79 Å². The number of nitrogens with one attached hydrogen (secondary N) is 1. The van der Waals surface area contributed by atoms with Gasteiger partial charge in [0.2, 0.25) is 5.91 Å². The summed E-state index contributed by atoms with van der Waals surface area (Å²) in [6.07, 6.45) is 0.902. The predicted octanol–water partition coefficient (Wildman–Crippen LogP) is 2.25. The first kappa shape index (κ1) is 13.5. The van der Waals surface area contributed by atoms with E-state index in [2.05, 4.69) is 5.32 Å². The highest BCUT2D eigenvalue weighted by Gasteiger charge is 2.09. The fourth-order valence-corrected chi connectivity index (χ4v) is 1.49. The highest BCUT2D eigenvalue weighted by atomic mass is 16.5. The summed E-state index contributed by atoms with van der Waals surface area (Å²) in [7, 11) is 0. The Kier molecular flexibility index (Phi) is 4.97. The molecule has 3 N–H and O–H groups in total. The molecule has 0 aromatic heterocycles. The molecule has 0 unspecified atom stereocenters. The van der Waals surface area contributed by atoms with Crippen LogP contribution >= 0.6 is 0 Å². The van der Waals surface area contributed by atoms with Crippen molar-refractivity contribution in [3.8, 4) is 0 Å². The van der Waals surface area contributed by atoms with E-state index in [0.717, 1.165) is 17.5 Å². The number of anilines is 2. The number of amides is 1. The third-order valence-electron chi connectivity index (χ3n) is 2.61. The van der Waals surface area contributed by atoms with E-state index in [1.54, 1.807) is 6.07 Å². The standard InChI is InChI=1S/C13H20N2O2/c1-4-7-17-8-12(16)15-13-10(3)9(2)5-6-11(13)14/h5-6H,4,7-8,14H2,1-3H3,(H,15,16). The third-order valence-corrected chi connectivity index (χ3v) is 2.61. The normalized spacial score (nSPS) is 10.3. The summed E-state index contributed by atoms with van der Waals surface area (Å²) < 4.78 is 5.17. The molecule has 0 saturated carbocycles. The molecule has 1 rings (SSSR count). The molecule has 0 aliphatic carbocycles. The molecular formula is C13H20N2O2. The molecule has 0 fully saturated rings. The number of carbonyl (C=O) groups excluding carboxylic acids is 1. The van der Waals surface area contributed by atoms with Gasteiger partial charge in [0, 0.05) is 6.61 Å². The second-order valence-electron chi connectivity index (χ2n) is 4.07. The Morgan fingerprint density at radius 3 is 2.76 bits per heavy atom. The van der Waals surface area contributed by atoms with Crippen molar-refractivity contribution in [3.63, 3.8) is 0 Å². The van der Waals surface area contributed by atoms with E-state index in [-0.39, 0.29) is 12.5 Å². The molecule has 0 atom stereocenters. The Balaban J connectivity index is 2.68. The smallest absolute Gasteiger partial charge is 0.250 e. The van der Waals surface area contributed by atoms with Crippen LogP contribution in [0.4, 0.5) is 11.4 Å². The zero-order valence-electron chi connectivity index (χ0n) is 10.7. The lowest BCUT2D eigenvalue weighted by molar-refractivity contribution is -0.120. The Morgan fingerprint density at radius 2 is 2.12 bits per heavy atom. The number of aryl methyl sites for hydroxylation is 1. The van der Waals surface area contributed by atoms with Crippen LogP contribution < -0.4 is 11.1 Å². The minimum absolute atomic E-state index is 0.0701. The Bertz CT molecular complexity index is 403. The molecule has 4 nitrogen and oxygen atoms in total. The number of hydrogen-bond acceptors (Lipinski definition) is 3. The first-order chi connectivity index (χ1) is 8.06. The maximum absolute atomic E-state index is 11.6. The summed E-state index contributed by atoms with van der Waals surface area (Å²) in [5, 5.41) is 2.79. The van der Waals surface area contributed by atoms with Crippen molar-refractivity contribution in [1.29, 1.82) is 0 Å². The number of hydrogen-bond donors (Lipinski definition) is 2. The third kappa shape index (κ3) is 3.75. The number of nitrogens with two attached hydrogens (primary N) is 1. The molecule has 0 aliphatic heterocycles. The fraction of sp³-hybridized carbons (Fsp3) is 0.462. The zero-order chi connectivity index (χ0) is 12.8. The SMILES string of the molecule is CCCOCC(=O)Nc1c(N)ccc(C)c1C. The van der Waals surface area contributed by atoms with Crippen LogP contribution in [0.5, 0.6) is 0 Å². The van der Waals surface area contributed by atoms with Crippen LogP contribution in [-0.4, -0.2) is 19.1 Å². The van der Waals surface area contributed by atoms with Crippen LogP contribution in [0.15, 0.2) is 12.1 Å². The van der Waals surface area contributed by atoms with Crippen molar-refractivity contribution in [2.45, 2.75) is 27.2 Å². The van der Waals surface area contributed by atoms with Crippen molar-refractivity contribution >= 4 is 17.3 Å². The predicted molar refractivity (Wildman–Crippen MR) is 70.1 cm³/mol. The number of carbonyl (C=O) groups is 1. The van der Waals surface area contributed by atoms with Gasteiger partial charge < -0.3 is 15.8 Å². The zero-order valence-corrected chi connectivity index (χ0v) is 10.7. The molecule has 0 saturated heterocycles. The summed E-state index contributed by atoms with van der Waals surface area (Å²) in [5.41, 5.74) is 9.20. The molecule has 1 amide bonds. The average Bonchev–Trinajstić information content (AvgIpc) is 2.30. The van der Waals surface area contributed by atoms with Gasteiger partial charge in [-0.1, -0.05) is 13.0 Å². The first-order valence-electron chi connectivity index (χ1n) is 5.79. The molecule has 4 heteroatoms. The van der Waals surface area contributed by atoms with Gasteiger partial charge in [-0.2, -0.15) is 0 Å². The first-order valence-corrected chi connectivity index (χ1v) is 5.79. The van der Waals surface area contributed by atoms with Gasteiger partial charge in [0.05, 0.1) is 11.4 Å². The van der Waals surface area contributed by atoms with Crippen molar-refractivity contribution < 1.29 is 9.53 Å².